The highest BCUT2D eigenvalue weighted by molar-refractivity contribution is 14.1. The lowest BCUT2D eigenvalue weighted by Gasteiger charge is -2.16. The first kappa shape index (κ1) is 18.6. The van der Waals surface area contributed by atoms with E-state index in [1.54, 1.807) is 19.4 Å². The Labute approximate surface area is 157 Å². The van der Waals surface area contributed by atoms with Crippen LogP contribution in [0.15, 0.2) is 22.1 Å². The van der Waals surface area contributed by atoms with Gasteiger partial charge in [0, 0.05) is 5.56 Å². The number of nitrogens with zero attached hydrogens (tertiary/aromatic N) is 2. The molecule has 0 amide bonds. The van der Waals surface area contributed by atoms with Crippen LogP contribution >= 0.6 is 34.4 Å². The first-order valence-electron chi connectivity index (χ1n) is 7.04. The molecule has 0 saturated carbocycles. The molecule has 0 aliphatic heterocycles. The number of hydrogen-bond donors (Lipinski definition) is 1. The standard InChI is InChI=1S/C16H16IN3O3S/c1-8(2)23-14-11(17)5-9(6-12(14)22-3)13-10(7-18)15(21)20-16(19-13)24-4/h5-6,8H,1-4H3,(H,19,20,21). The fourth-order valence-electron chi connectivity index (χ4n) is 2.07. The molecule has 0 bridgehead atoms. The van der Waals surface area contributed by atoms with E-state index in [1.165, 1.54) is 11.8 Å². The third-order valence-electron chi connectivity index (χ3n) is 3.06. The molecule has 1 N–H and O–H groups in total. The van der Waals surface area contributed by atoms with Crippen molar-refractivity contribution in [2.45, 2.75) is 25.1 Å². The van der Waals surface area contributed by atoms with Gasteiger partial charge in [0.2, 0.25) is 0 Å². The first-order valence-corrected chi connectivity index (χ1v) is 9.34. The van der Waals surface area contributed by atoms with Gasteiger partial charge in [-0.3, -0.25) is 4.79 Å². The molecule has 6 nitrogen and oxygen atoms in total. The number of ether oxygens (including phenoxy) is 2. The zero-order valence-corrected chi connectivity index (χ0v) is 16.6. The second-order valence-electron chi connectivity index (χ2n) is 5.07. The van der Waals surface area contributed by atoms with Gasteiger partial charge in [0.1, 0.15) is 11.6 Å². The molecule has 126 valence electrons. The summed E-state index contributed by atoms with van der Waals surface area (Å²) in [6.45, 7) is 3.86. The van der Waals surface area contributed by atoms with E-state index >= 15 is 0 Å². The Balaban J connectivity index is 2.70. The molecular formula is C16H16IN3O3S. The van der Waals surface area contributed by atoms with Gasteiger partial charge < -0.3 is 14.5 Å². The lowest BCUT2D eigenvalue weighted by Crippen LogP contribution is -2.15. The van der Waals surface area contributed by atoms with E-state index in [2.05, 4.69) is 32.6 Å². The minimum atomic E-state index is -0.455. The SMILES string of the molecule is COc1cc(-c2nc(SC)[nH]c(=O)c2C#N)cc(I)c1OC(C)C. The predicted octanol–water partition coefficient (Wildman–Crippen LogP) is 3.43. The molecule has 1 aromatic heterocycles. The van der Waals surface area contributed by atoms with Crippen LogP contribution in [0.2, 0.25) is 0 Å². The van der Waals surface area contributed by atoms with Crippen molar-refractivity contribution >= 4 is 34.4 Å². The summed E-state index contributed by atoms with van der Waals surface area (Å²) in [4.78, 5) is 19.1. The molecule has 0 aliphatic rings. The third kappa shape index (κ3) is 3.84. The first-order chi connectivity index (χ1) is 11.4. The second kappa shape index (κ2) is 7.90. The number of halogens is 1. The molecule has 0 spiro atoms. The maximum atomic E-state index is 12.1. The summed E-state index contributed by atoms with van der Waals surface area (Å²) in [5.74, 6) is 1.16. The molecule has 0 saturated heterocycles. The maximum Gasteiger partial charge on any atom is 0.270 e. The Kier molecular flexibility index (Phi) is 6.12. The van der Waals surface area contributed by atoms with Gasteiger partial charge in [-0.25, -0.2) is 4.98 Å². The molecule has 1 heterocycles. The number of thioether (sulfide) groups is 1. The van der Waals surface area contributed by atoms with Gasteiger partial charge in [0.05, 0.1) is 22.5 Å². The monoisotopic (exact) mass is 457 g/mol. The Hall–Kier alpha value is -1.73. The number of H-pyrrole nitrogens is 1. The quantitative estimate of drug-likeness (QED) is 0.421. The van der Waals surface area contributed by atoms with Gasteiger partial charge >= 0.3 is 0 Å². The molecule has 24 heavy (non-hydrogen) atoms. The summed E-state index contributed by atoms with van der Waals surface area (Å²) in [7, 11) is 1.55. The summed E-state index contributed by atoms with van der Waals surface area (Å²) >= 11 is 3.44. The Morgan fingerprint density at radius 2 is 2.12 bits per heavy atom. The number of rotatable bonds is 5. The molecule has 2 aromatic rings. The number of nitriles is 1. The molecule has 2 rings (SSSR count). The average molecular weight is 457 g/mol. The van der Waals surface area contributed by atoms with Crippen molar-refractivity contribution in [1.29, 1.82) is 5.26 Å². The van der Waals surface area contributed by atoms with E-state index < -0.39 is 5.56 Å². The fraction of sp³-hybridized carbons (Fsp3) is 0.312. The molecule has 0 fully saturated rings. The number of nitrogens with one attached hydrogen (secondary N) is 1. The van der Waals surface area contributed by atoms with E-state index in [0.29, 0.717) is 27.9 Å². The number of aromatic nitrogens is 2. The van der Waals surface area contributed by atoms with Crippen molar-refractivity contribution in [2.24, 2.45) is 0 Å². The van der Waals surface area contributed by atoms with Crippen molar-refractivity contribution in [1.82, 2.24) is 9.97 Å². The fourth-order valence-corrected chi connectivity index (χ4v) is 3.17. The Bertz CT molecular complexity index is 859. The van der Waals surface area contributed by atoms with Gasteiger partial charge in [-0.2, -0.15) is 5.26 Å². The Morgan fingerprint density at radius 3 is 2.67 bits per heavy atom. The van der Waals surface area contributed by atoms with E-state index in [0.717, 1.165) is 3.57 Å². The van der Waals surface area contributed by atoms with Crippen LogP contribution in [0.5, 0.6) is 11.5 Å². The zero-order valence-electron chi connectivity index (χ0n) is 13.6. The van der Waals surface area contributed by atoms with Gasteiger partial charge in [0.15, 0.2) is 16.7 Å². The van der Waals surface area contributed by atoms with Crippen molar-refractivity contribution in [3.63, 3.8) is 0 Å². The molecule has 0 unspecified atom stereocenters. The van der Waals surface area contributed by atoms with E-state index in [4.69, 9.17) is 9.47 Å². The summed E-state index contributed by atoms with van der Waals surface area (Å²) in [5.41, 5.74) is 0.481. The van der Waals surface area contributed by atoms with Crippen molar-refractivity contribution in [2.75, 3.05) is 13.4 Å². The van der Waals surface area contributed by atoms with Crippen LogP contribution in [0.3, 0.4) is 0 Å². The Morgan fingerprint density at radius 1 is 1.42 bits per heavy atom. The van der Waals surface area contributed by atoms with Crippen LogP contribution < -0.4 is 15.0 Å². The number of benzene rings is 1. The van der Waals surface area contributed by atoms with Crippen molar-refractivity contribution in [3.05, 3.63) is 31.6 Å². The number of aromatic amines is 1. The second-order valence-corrected chi connectivity index (χ2v) is 7.02. The average Bonchev–Trinajstić information content (AvgIpc) is 2.55. The summed E-state index contributed by atoms with van der Waals surface area (Å²) in [6, 6.07) is 5.48. The van der Waals surface area contributed by atoms with Gasteiger partial charge in [-0.1, -0.05) is 11.8 Å². The van der Waals surface area contributed by atoms with Crippen LogP contribution in [0.1, 0.15) is 19.4 Å². The van der Waals surface area contributed by atoms with Crippen LogP contribution in [0.4, 0.5) is 0 Å². The lowest BCUT2D eigenvalue weighted by atomic mass is 10.1. The number of hydrogen-bond acceptors (Lipinski definition) is 6. The van der Waals surface area contributed by atoms with Crippen LogP contribution in [0, 0.1) is 14.9 Å². The summed E-state index contributed by atoms with van der Waals surface area (Å²) in [5, 5.41) is 9.77. The molecule has 0 radical (unpaired) electrons. The molecule has 0 atom stereocenters. The van der Waals surface area contributed by atoms with E-state index in [1.807, 2.05) is 26.0 Å². The van der Waals surface area contributed by atoms with E-state index in [-0.39, 0.29) is 11.7 Å². The van der Waals surface area contributed by atoms with Crippen molar-refractivity contribution < 1.29 is 9.47 Å². The molecule has 1 aromatic carbocycles. The maximum absolute atomic E-state index is 12.1. The minimum Gasteiger partial charge on any atom is -0.493 e. The number of methoxy groups -OCH3 is 1. The highest BCUT2D eigenvalue weighted by Crippen LogP contribution is 2.38. The smallest absolute Gasteiger partial charge is 0.270 e. The lowest BCUT2D eigenvalue weighted by molar-refractivity contribution is 0.228. The molecular weight excluding hydrogens is 441 g/mol. The highest BCUT2D eigenvalue weighted by atomic mass is 127. The molecule has 0 aliphatic carbocycles. The zero-order chi connectivity index (χ0) is 17.9. The largest absolute Gasteiger partial charge is 0.493 e. The van der Waals surface area contributed by atoms with Crippen LogP contribution in [-0.4, -0.2) is 29.4 Å². The third-order valence-corrected chi connectivity index (χ3v) is 4.44. The topological polar surface area (TPSA) is 88.0 Å². The van der Waals surface area contributed by atoms with Gasteiger partial charge in [-0.15, -0.1) is 0 Å². The van der Waals surface area contributed by atoms with Crippen LogP contribution in [-0.2, 0) is 0 Å². The minimum absolute atomic E-state index is 0.00581. The predicted molar refractivity (Wildman–Crippen MR) is 102 cm³/mol. The molecule has 8 heteroatoms. The van der Waals surface area contributed by atoms with E-state index in [9.17, 15) is 10.1 Å². The van der Waals surface area contributed by atoms with Gasteiger partial charge in [-0.05, 0) is 54.8 Å². The van der Waals surface area contributed by atoms with Crippen LogP contribution in [0.25, 0.3) is 11.3 Å². The highest BCUT2D eigenvalue weighted by Gasteiger charge is 2.18. The normalized spacial score (nSPS) is 10.5. The summed E-state index contributed by atoms with van der Waals surface area (Å²) < 4.78 is 12.0. The summed E-state index contributed by atoms with van der Waals surface area (Å²) in [6.07, 6.45) is 1.80. The van der Waals surface area contributed by atoms with Crippen molar-refractivity contribution in [3.8, 4) is 28.8 Å². The van der Waals surface area contributed by atoms with Gasteiger partial charge in [0.25, 0.3) is 5.56 Å².